The highest BCUT2D eigenvalue weighted by Crippen LogP contribution is 2.42. The monoisotopic (exact) mass is 653 g/mol. The summed E-state index contributed by atoms with van der Waals surface area (Å²) in [5.41, 5.74) is -1.12. The molecule has 0 spiro atoms. The molecule has 15 nitrogen and oxygen atoms in total. The number of ether oxygens (including phenoxy) is 3. The Kier molecular flexibility index (Phi) is 12.1. The number of benzene rings is 1. The molecular weight excluding hydrogens is 616 g/mol. The van der Waals surface area contributed by atoms with Gasteiger partial charge in [0.25, 0.3) is 0 Å². The summed E-state index contributed by atoms with van der Waals surface area (Å²) in [4.78, 5) is 62.8. The molecular formula is C29H37F2N5O10. The number of aliphatic hydroxyl groups is 1. The number of hydrogen-bond donors (Lipinski definition) is 5. The van der Waals surface area contributed by atoms with Crippen LogP contribution in [0, 0.1) is 0 Å². The van der Waals surface area contributed by atoms with Crippen molar-refractivity contribution in [2.75, 3.05) is 18.5 Å². The molecule has 0 bridgehead atoms. The van der Waals surface area contributed by atoms with Gasteiger partial charge in [-0.25, -0.2) is 19.2 Å². The SMILES string of the molecule is CC(C)(C)OC(=O)Nc1ccn([C@@H]2O[C@H](COC(=O)NCCCCCC(=O)NCc3ccc(C(=O)O)cc3)C(O)C2(F)F)c(=O)n1. The van der Waals surface area contributed by atoms with E-state index >= 15 is 0 Å². The normalized spacial score (nSPS) is 18.8. The standard InChI is InChI=1S/C29H37F2N5O10/c1-28(2,3)46-27(43)35-20-12-14-36(25(41)34-20)24-29(30,31)22(38)19(45-24)16-44-26(42)32-13-6-4-5-7-21(37)33-15-17-8-10-18(11-9-17)23(39)40/h8-12,14,19,22,24,38H,4-7,13,15-16H2,1-3H3,(H,32,42)(H,33,37)(H,39,40)(H,34,35,41,43)/t19-,22?,24-/m1/s1. The molecule has 1 aromatic heterocycles. The summed E-state index contributed by atoms with van der Waals surface area (Å²) in [6.45, 7) is 4.56. The van der Waals surface area contributed by atoms with Crippen molar-refractivity contribution in [2.45, 2.75) is 83.0 Å². The molecule has 3 atom stereocenters. The van der Waals surface area contributed by atoms with Gasteiger partial charge in [0.05, 0.1) is 5.56 Å². The number of carbonyl (C=O) groups is 4. The first-order valence-electron chi connectivity index (χ1n) is 14.4. The van der Waals surface area contributed by atoms with E-state index in [9.17, 15) is 37.9 Å². The molecule has 252 valence electrons. The smallest absolute Gasteiger partial charge is 0.413 e. The van der Waals surface area contributed by atoms with Crippen molar-refractivity contribution in [2.24, 2.45) is 0 Å². The number of halogens is 2. The Labute approximate surface area is 262 Å². The molecule has 2 heterocycles. The fourth-order valence-electron chi connectivity index (χ4n) is 4.22. The van der Waals surface area contributed by atoms with E-state index in [0.717, 1.165) is 17.8 Å². The molecule has 1 saturated heterocycles. The maximum absolute atomic E-state index is 14.8. The zero-order chi connectivity index (χ0) is 34.1. The van der Waals surface area contributed by atoms with E-state index in [1.807, 2.05) is 0 Å². The largest absolute Gasteiger partial charge is 0.478 e. The van der Waals surface area contributed by atoms with E-state index in [0.29, 0.717) is 23.8 Å². The van der Waals surface area contributed by atoms with Crippen LogP contribution in [0.4, 0.5) is 24.2 Å². The first kappa shape index (κ1) is 35.8. The quantitative estimate of drug-likeness (QED) is 0.199. The van der Waals surface area contributed by atoms with Crippen LogP contribution in [0.3, 0.4) is 0 Å². The van der Waals surface area contributed by atoms with Gasteiger partial charge in [-0.3, -0.25) is 14.7 Å². The highest BCUT2D eigenvalue weighted by Gasteiger charge is 2.60. The molecule has 17 heteroatoms. The van der Waals surface area contributed by atoms with Crippen LogP contribution in [0.2, 0.25) is 0 Å². The lowest BCUT2D eigenvalue weighted by molar-refractivity contribution is -0.140. The average molecular weight is 654 g/mol. The van der Waals surface area contributed by atoms with Crippen molar-refractivity contribution < 1.29 is 52.4 Å². The fourth-order valence-corrected chi connectivity index (χ4v) is 4.22. The zero-order valence-corrected chi connectivity index (χ0v) is 25.5. The molecule has 1 unspecified atom stereocenters. The minimum atomic E-state index is -3.95. The van der Waals surface area contributed by atoms with Crippen LogP contribution < -0.4 is 21.6 Å². The van der Waals surface area contributed by atoms with E-state index in [1.165, 1.54) is 12.1 Å². The number of hydrogen-bond acceptors (Lipinski definition) is 10. The van der Waals surface area contributed by atoms with Gasteiger partial charge in [0, 0.05) is 25.7 Å². The third-order valence-electron chi connectivity index (χ3n) is 6.51. The van der Waals surface area contributed by atoms with Crippen LogP contribution >= 0.6 is 0 Å². The predicted molar refractivity (Wildman–Crippen MR) is 156 cm³/mol. The van der Waals surface area contributed by atoms with Gasteiger partial charge in [0.15, 0.2) is 6.10 Å². The Hall–Kier alpha value is -4.64. The topological polar surface area (TPSA) is 207 Å². The number of carbonyl (C=O) groups excluding carboxylic acids is 3. The number of unbranched alkanes of at least 4 members (excludes halogenated alkanes) is 2. The molecule has 0 saturated carbocycles. The summed E-state index contributed by atoms with van der Waals surface area (Å²) in [6, 6.07) is 7.21. The number of alkyl carbamates (subject to hydrolysis) is 1. The van der Waals surface area contributed by atoms with Gasteiger partial charge >= 0.3 is 29.8 Å². The Balaban J connectivity index is 1.36. The summed E-state index contributed by atoms with van der Waals surface area (Å²) in [6.07, 6.45) is -5.41. The number of carboxylic acids is 1. The first-order chi connectivity index (χ1) is 21.6. The molecule has 1 aromatic carbocycles. The third-order valence-corrected chi connectivity index (χ3v) is 6.51. The van der Waals surface area contributed by atoms with Gasteiger partial charge < -0.3 is 35.1 Å². The van der Waals surface area contributed by atoms with Gasteiger partial charge in [-0.05, 0) is 57.4 Å². The van der Waals surface area contributed by atoms with Gasteiger partial charge in [-0.2, -0.15) is 13.8 Å². The summed E-state index contributed by atoms with van der Waals surface area (Å²) in [5.74, 6) is -5.43. The molecule has 5 N–H and O–H groups in total. The Morgan fingerprint density at radius 1 is 1.04 bits per heavy atom. The van der Waals surface area contributed by atoms with E-state index in [4.69, 9.17) is 19.3 Å². The van der Waals surface area contributed by atoms with E-state index in [-0.39, 0.29) is 36.8 Å². The van der Waals surface area contributed by atoms with Crippen molar-refractivity contribution in [1.29, 1.82) is 0 Å². The van der Waals surface area contributed by atoms with Gasteiger partial charge in [-0.15, -0.1) is 0 Å². The zero-order valence-electron chi connectivity index (χ0n) is 25.5. The van der Waals surface area contributed by atoms with Gasteiger partial charge in [-0.1, -0.05) is 18.6 Å². The Morgan fingerprint density at radius 2 is 1.74 bits per heavy atom. The second-order valence-corrected chi connectivity index (χ2v) is 11.4. The summed E-state index contributed by atoms with van der Waals surface area (Å²) < 4.78 is 45.3. The maximum atomic E-state index is 14.8. The molecule has 1 aliphatic rings. The molecule has 46 heavy (non-hydrogen) atoms. The molecule has 3 amide bonds. The summed E-state index contributed by atoms with van der Waals surface area (Å²) in [7, 11) is 0. The second-order valence-electron chi connectivity index (χ2n) is 11.4. The van der Waals surface area contributed by atoms with E-state index in [2.05, 4.69) is 20.9 Å². The molecule has 1 aliphatic heterocycles. The number of aromatic carboxylic acids is 1. The number of aliphatic hydroxyl groups excluding tert-OH is 1. The second kappa shape index (κ2) is 15.6. The third kappa shape index (κ3) is 10.5. The molecule has 2 aromatic rings. The molecule has 3 rings (SSSR count). The number of nitrogens with zero attached hydrogens (tertiary/aromatic N) is 2. The fraction of sp³-hybridized carbons (Fsp3) is 0.517. The molecule has 0 radical (unpaired) electrons. The maximum Gasteiger partial charge on any atom is 0.413 e. The van der Waals surface area contributed by atoms with Crippen LogP contribution in [-0.4, -0.2) is 80.7 Å². The van der Waals surface area contributed by atoms with Crippen LogP contribution in [-0.2, 0) is 25.5 Å². The lowest BCUT2D eigenvalue weighted by Gasteiger charge is -2.21. The van der Waals surface area contributed by atoms with Crippen LogP contribution in [0.25, 0.3) is 0 Å². The minimum absolute atomic E-state index is 0.151. The summed E-state index contributed by atoms with van der Waals surface area (Å²) >= 11 is 0. The van der Waals surface area contributed by atoms with E-state index in [1.54, 1.807) is 32.9 Å². The van der Waals surface area contributed by atoms with Crippen LogP contribution in [0.5, 0.6) is 0 Å². The highest BCUT2D eigenvalue weighted by molar-refractivity contribution is 5.87. The van der Waals surface area contributed by atoms with Crippen molar-refractivity contribution in [3.63, 3.8) is 0 Å². The minimum Gasteiger partial charge on any atom is -0.478 e. The lowest BCUT2D eigenvalue weighted by Crippen LogP contribution is -2.42. The van der Waals surface area contributed by atoms with Crippen molar-refractivity contribution in [1.82, 2.24) is 20.2 Å². The number of amides is 3. The highest BCUT2D eigenvalue weighted by atomic mass is 19.3. The average Bonchev–Trinajstić information content (AvgIpc) is 3.19. The number of carboxylic acid groups (broad SMARTS) is 1. The predicted octanol–water partition coefficient (Wildman–Crippen LogP) is 2.79. The Bertz CT molecular complexity index is 1450. The number of nitrogens with one attached hydrogen (secondary N) is 3. The first-order valence-corrected chi connectivity index (χ1v) is 14.4. The van der Waals surface area contributed by atoms with Gasteiger partial charge in [0.2, 0.25) is 12.1 Å². The van der Waals surface area contributed by atoms with Gasteiger partial charge in [0.1, 0.15) is 24.1 Å². The van der Waals surface area contributed by atoms with Crippen molar-refractivity contribution in [3.05, 3.63) is 58.1 Å². The number of anilines is 1. The number of alkyl halides is 2. The van der Waals surface area contributed by atoms with Crippen molar-refractivity contribution >= 4 is 29.9 Å². The number of rotatable bonds is 13. The Morgan fingerprint density at radius 3 is 2.37 bits per heavy atom. The number of aromatic nitrogens is 2. The lowest BCUT2D eigenvalue weighted by atomic mass is 10.1. The van der Waals surface area contributed by atoms with E-state index < -0.39 is 60.4 Å². The molecule has 1 fully saturated rings. The molecule has 0 aliphatic carbocycles. The van der Waals surface area contributed by atoms with Crippen molar-refractivity contribution in [3.8, 4) is 0 Å². The van der Waals surface area contributed by atoms with Crippen LogP contribution in [0.15, 0.2) is 41.3 Å². The summed E-state index contributed by atoms with van der Waals surface area (Å²) in [5, 5.41) is 26.4. The van der Waals surface area contributed by atoms with Crippen LogP contribution in [0.1, 0.15) is 68.6 Å².